The lowest BCUT2D eigenvalue weighted by Gasteiger charge is -2.15. The number of nitrogens with zero attached hydrogens (tertiary/aromatic N) is 3. The van der Waals surface area contributed by atoms with Crippen molar-refractivity contribution in [3.8, 4) is 0 Å². The second-order valence-corrected chi connectivity index (χ2v) is 7.67. The molecule has 0 saturated heterocycles. The summed E-state index contributed by atoms with van der Waals surface area (Å²) >= 11 is 6.03. The molecule has 0 spiro atoms. The molecule has 2 aromatic rings. The van der Waals surface area contributed by atoms with Crippen molar-refractivity contribution >= 4 is 21.6 Å². The van der Waals surface area contributed by atoms with Gasteiger partial charge in [-0.25, -0.2) is 17.1 Å². The molecule has 0 fully saturated rings. The Balaban J connectivity index is 2.51. The Labute approximate surface area is 140 Å². The predicted molar refractivity (Wildman–Crippen MR) is 87.7 cm³/mol. The van der Waals surface area contributed by atoms with E-state index >= 15 is 0 Å². The molecule has 126 valence electrons. The van der Waals surface area contributed by atoms with Crippen LogP contribution in [0.5, 0.6) is 0 Å². The van der Waals surface area contributed by atoms with Gasteiger partial charge in [0.15, 0.2) is 0 Å². The first-order chi connectivity index (χ1) is 10.7. The minimum absolute atomic E-state index is 0.0730. The van der Waals surface area contributed by atoms with Gasteiger partial charge in [-0.3, -0.25) is 4.68 Å². The van der Waals surface area contributed by atoms with Gasteiger partial charge in [0.25, 0.3) is 0 Å². The van der Waals surface area contributed by atoms with Crippen LogP contribution in [0.2, 0.25) is 5.02 Å². The van der Waals surface area contributed by atoms with Gasteiger partial charge in [-0.05, 0) is 26.0 Å². The molecule has 5 nitrogen and oxygen atoms in total. The molecule has 0 amide bonds. The molecular weight excluding hydrogens is 341 g/mol. The van der Waals surface area contributed by atoms with Gasteiger partial charge in [0.05, 0.1) is 17.9 Å². The molecule has 2 rings (SSSR count). The van der Waals surface area contributed by atoms with E-state index in [1.807, 2.05) is 0 Å². The van der Waals surface area contributed by atoms with Crippen LogP contribution in [0, 0.1) is 19.7 Å². The highest BCUT2D eigenvalue weighted by Crippen LogP contribution is 2.25. The lowest BCUT2D eigenvalue weighted by atomic mass is 10.2. The first-order valence-corrected chi connectivity index (χ1v) is 8.95. The summed E-state index contributed by atoms with van der Waals surface area (Å²) in [4.78, 5) is 0.161. The standard InChI is InChI=1S/C15H19ClFN3O2S/c1-5-19(4)23(21,22)15-10(2)18-20(11(15)3)9-12-13(16)7-6-8-14(12)17/h6-8H,5,9H2,1-4H3. The van der Waals surface area contributed by atoms with Crippen molar-refractivity contribution in [2.24, 2.45) is 0 Å². The molecular formula is C15H19ClFN3O2S. The van der Waals surface area contributed by atoms with Gasteiger partial charge < -0.3 is 0 Å². The van der Waals surface area contributed by atoms with Gasteiger partial charge in [0.1, 0.15) is 10.7 Å². The Morgan fingerprint density at radius 1 is 1.35 bits per heavy atom. The average Bonchev–Trinajstić information content (AvgIpc) is 2.76. The maximum atomic E-state index is 13.9. The quantitative estimate of drug-likeness (QED) is 0.824. The normalized spacial score (nSPS) is 12.1. The Morgan fingerprint density at radius 3 is 2.57 bits per heavy atom. The van der Waals surface area contributed by atoms with Crippen molar-refractivity contribution in [1.29, 1.82) is 0 Å². The van der Waals surface area contributed by atoms with E-state index in [1.165, 1.54) is 28.2 Å². The Kier molecular flexibility index (Phi) is 5.13. The molecule has 0 atom stereocenters. The summed E-state index contributed by atoms with van der Waals surface area (Å²) in [6.07, 6.45) is 0. The number of hydrogen-bond donors (Lipinski definition) is 0. The predicted octanol–water partition coefficient (Wildman–Crippen LogP) is 2.98. The number of benzene rings is 1. The summed E-state index contributed by atoms with van der Waals surface area (Å²) in [6.45, 7) is 5.47. The second kappa shape index (κ2) is 6.59. The van der Waals surface area contributed by atoms with Crippen LogP contribution < -0.4 is 0 Å². The number of sulfonamides is 1. The van der Waals surface area contributed by atoms with Crippen molar-refractivity contribution in [2.75, 3.05) is 13.6 Å². The topological polar surface area (TPSA) is 55.2 Å². The van der Waals surface area contributed by atoms with Crippen LogP contribution in [0.3, 0.4) is 0 Å². The van der Waals surface area contributed by atoms with Crippen LogP contribution in [0.15, 0.2) is 23.1 Å². The van der Waals surface area contributed by atoms with E-state index in [2.05, 4.69) is 5.10 Å². The smallest absolute Gasteiger partial charge is 0.246 e. The summed E-state index contributed by atoms with van der Waals surface area (Å²) in [6, 6.07) is 4.43. The maximum Gasteiger partial charge on any atom is 0.246 e. The van der Waals surface area contributed by atoms with E-state index in [4.69, 9.17) is 11.6 Å². The fourth-order valence-corrected chi connectivity index (χ4v) is 4.13. The highest BCUT2D eigenvalue weighted by molar-refractivity contribution is 7.89. The molecule has 1 aromatic heterocycles. The first-order valence-electron chi connectivity index (χ1n) is 7.13. The summed E-state index contributed by atoms with van der Waals surface area (Å²) < 4.78 is 41.8. The molecule has 1 heterocycles. The van der Waals surface area contributed by atoms with Crippen LogP contribution in [0.1, 0.15) is 23.9 Å². The number of rotatable bonds is 5. The zero-order valence-electron chi connectivity index (χ0n) is 13.5. The zero-order valence-corrected chi connectivity index (χ0v) is 15.0. The minimum Gasteiger partial charge on any atom is -0.264 e. The molecule has 1 aromatic carbocycles. The fraction of sp³-hybridized carbons (Fsp3) is 0.400. The average molecular weight is 360 g/mol. The van der Waals surface area contributed by atoms with Crippen LogP contribution >= 0.6 is 11.6 Å². The summed E-state index contributed by atoms with van der Waals surface area (Å²) in [5.74, 6) is -0.444. The van der Waals surface area contributed by atoms with Gasteiger partial charge in [-0.15, -0.1) is 0 Å². The highest BCUT2D eigenvalue weighted by atomic mass is 35.5. The van der Waals surface area contributed by atoms with E-state index in [0.717, 1.165) is 0 Å². The van der Waals surface area contributed by atoms with Crippen molar-refractivity contribution in [1.82, 2.24) is 14.1 Å². The van der Waals surface area contributed by atoms with Gasteiger partial charge in [0.2, 0.25) is 10.0 Å². The zero-order chi connectivity index (χ0) is 17.4. The summed E-state index contributed by atoms with van der Waals surface area (Å²) in [5.41, 5.74) is 1.13. The SMILES string of the molecule is CCN(C)S(=O)(=O)c1c(C)nn(Cc2c(F)cccc2Cl)c1C. The van der Waals surface area contributed by atoms with Gasteiger partial charge in [-0.2, -0.15) is 5.10 Å². The number of aryl methyl sites for hydroxylation is 1. The number of aromatic nitrogens is 2. The molecule has 0 N–H and O–H groups in total. The van der Waals surface area contributed by atoms with Crippen molar-refractivity contribution in [3.63, 3.8) is 0 Å². The molecule has 0 unspecified atom stereocenters. The summed E-state index contributed by atoms with van der Waals surface area (Å²) in [5, 5.41) is 4.54. The van der Waals surface area contributed by atoms with E-state index in [9.17, 15) is 12.8 Å². The van der Waals surface area contributed by atoms with Crippen LogP contribution in [0.25, 0.3) is 0 Å². The Hall–Kier alpha value is -1.44. The first kappa shape index (κ1) is 17.9. The highest BCUT2D eigenvalue weighted by Gasteiger charge is 2.28. The molecule has 0 aliphatic heterocycles. The molecule has 0 bridgehead atoms. The maximum absolute atomic E-state index is 13.9. The van der Waals surface area contributed by atoms with Gasteiger partial charge in [0, 0.05) is 24.2 Å². The molecule has 0 radical (unpaired) electrons. The van der Waals surface area contributed by atoms with Crippen LogP contribution in [0.4, 0.5) is 4.39 Å². The number of hydrogen-bond acceptors (Lipinski definition) is 3. The molecule has 23 heavy (non-hydrogen) atoms. The third-order valence-electron chi connectivity index (χ3n) is 3.80. The van der Waals surface area contributed by atoms with Crippen LogP contribution in [-0.4, -0.2) is 36.1 Å². The molecule has 0 saturated carbocycles. The molecule has 0 aliphatic rings. The minimum atomic E-state index is -3.62. The largest absolute Gasteiger partial charge is 0.264 e. The fourth-order valence-electron chi connectivity index (χ4n) is 2.37. The third kappa shape index (κ3) is 3.27. The third-order valence-corrected chi connectivity index (χ3v) is 6.34. The van der Waals surface area contributed by atoms with Crippen molar-refractivity contribution in [2.45, 2.75) is 32.2 Å². The molecule has 8 heteroatoms. The Morgan fingerprint density at radius 2 is 2.00 bits per heavy atom. The Bertz CT molecular complexity index is 813. The van der Waals surface area contributed by atoms with Crippen molar-refractivity contribution < 1.29 is 12.8 Å². The lowest BCUT2D eigenvalue weighted by molar-refractivity contribution is 0.485. The van der Waals surface area contributed by atoms with E-state index in [-0.39, 0.29) is 22.0 Å². The van der Waals surface area contributed by atoms with Crippen LogP contribution in [-0.2, 0) is 16.6 Å². The van der Waals surface area contributed by atoms with Gasteiger partial charge in [-0.1, -0.05) is 24.6 Å². The number of halogens is 2. The van der Waals surface area contributed by atoms with Gasteiger partial charge >= 0.3 is 0 Å². The molecule has 0 aliphatic carbocycles. The summed E-state index contributed by atoms with van der Waals surface area (Å²) in [7, 11) is -2.11. The van der Waals surface area contributed by atoms with E-state index in [1.54, 1.807) is 26.8 Å². The second-order valence-electron chi connectivity index (χ2n) is 5.28. The van der Waals surface area contributed by atoms with Crippen molar-refractivity contribution in [3.05, 3.63) is 46.0 Å². The lowest BCUT2D eigenvalue weighted by Crippen LogP contribution is -2.27. The van der Waals surface area contributed by atoms with E-state index in [0.29, 0.717) is 17.9 Å². The monoisotopic (exact) mass is 359 g/mol. The van der Waals surface area contributed by atoms with E-state index < -0.39 is 15.8 Å².